The Hall–Kier alpha value is -0.940. The van der Waals surface area contributed by atoms with Crippen molar-refractivity contribution in [2.24, 2.45) is 5.92 Å². The van der Waals surface area contributed by atoms with E-state index in [1.165, 1.54) is 25.7 Å². The Morgan fingerprint density at radius 1 is 1.32 bits per heavy atom. The van der Waals surface area contributed by atoms with Gasteiger partial charge in [0, 0.05) is 6.54 Å². The molecule has 0 saturated heterocycles. The van der Waals surface area contributed by atoms with Crippen LogP contribution in [0, 0.1) is 5.92 Å². The van der Waals surface area contributed by atoms with Crippen molar-refractivity contribution in [2.45, 2.75) is 45.3 Å². The molecule has 1 aromatic heterocycles. The van der Waals surface area contributed by atoms with Crippen LogP contribution in [0.4, 0.5) is 0 Å². The lowest BCUT2D eigenvalue weighted by atomic mass is 9.87. The van der Waals surface area contributed by atoms with Gasteiger partial charge >= 0.3 is 0 Å². The van der Waals surface area contributed by atoms with Gasteiger partial charge in [0.2, 0.25) is 0 Å². The maximum Gasteiger partial charge on any atom is 0.108 e. The molecule has 1 aliphatic rings. The maximum atomic E-state index is 5.59. The minimum absolute atomic E-state index is 0.541. The van der Waals surface area contributed by atoms with Crippen molar-refractivity contribution in [3.63, 3.8) is 0 Å². The summed E-state index contributed by atoms with van der Waals surface area (Å²) >= 11 is 0. The van der Waals surface area contributed by atoms with Gasteiger partial charge in [-0.3, -0.25) is 0 Å². The first-order chi connectivity index (χ1) is 9.15. The molecule has 5 heteroatoms. The summed E-state index contributed by atoms with van der Waals surface area (Å²) in [6, 6.07) is 0.541. The van der Waals surface area contributed by atoms with Gasteiger partial charge in [-0.05, 0) is 45.7 Å². The molecule has 1 saturated carbocycles. The van der Waals surface area contributed by atoms with Gasteiger partial charge in [0.1, 0.15) is 5.69 Å². The van der Waals surface area contributed by atoms with Crippen LogP contribution in [0.2, 0.25) is 0 Å². The number of likely N-dealkylation sites (N-methyl/N-ethyl adjacent to an activating group) is 1. The quantitative estimate of drug-likeness (QED) is 0.740. The number of rotatable bonds is 6. The summed E-state index contributed by atoms with van der Waals surface area (Å²) in [5.41, 5.74) is 0.942. The minimum atomic E-state index is 0.541. The van der Waals surface area contributed by atoms with Gasteiger partial charge in [-0.2, -0.15) is 0 Å². The van der Waals surface area contributed by atoms with Crippen molar-refractivity contribution in [3.05, 3.63) is 11.9 Å². The van der Waals surface area contributed by atoms with Gasteiger partial charge < -0.3 is 9.64 Å². The molecule has 1 fully saturated rings. The Kier molecular flexibility index (Phi) is 5.34. The van der Waals surface area contributed by atoms with E-state index in [4.69, 9.17) is 4.74 Å². The van der Waals surface area contributed by atoms with Crippen LogP contribution in [0.15, 0.2) is 6.20 Å². The molecule has 5 nitrogen and oxygen atoms in total. The highest BCUT2D eigenvalue weighted by Crippen LogP contribution is 2.31. The van der Waals surface area contributed by atoms with Crippen LogP contribution in [-0.2, 0) is 11.3 Å². The van der Waals surface area contributed by atoms with E-state index in [1.54, 1.807) is 0 Å². The van der Waals surface area contributed by atoms with Gasteiger partial charge in [0.25, 0.3) is 0 Å². The predicted octanol–water partition coefficient (Wildman–Crippen LogP) is 2.11. The molecule has 108 valence electrons. The predicted molar refractivity (Wildman–Crippen MR) is 74.9 cm³/mol. The molecule has 19 heavy (non-hydrogen) atoms. The van der Waals surface area contributed by atoms with Crippen LogP contribution in [0.5, 0.6) is 0 Å². The summed E-state index contributed by atoms with van der Waals surface area (Å²) in [6.45, 7) is 4.58. The first-order valence-corrected chi connectivity index (χ1v) is 7.28. The summed E-state index contributed by atoms with van der Waals surface area (Å²) in [6.07, 6.45) is 7.12. The monoisotopic (exact) mass is 266 g/mol. The highest BCUT2D eigenvalue weighted by atomic mass is 16.5. The third-order valence-corrected chi connectivity index (χ3v) is 3.85. The Balaban J connectivity index is 1.75. The smallest absolute Gasteiger partial charge is 0.108 e. The number of hydrogen-bond donors (Lipinski definition) is 0. The zero-order valence-electron chi connectivity index (χ0n) is 12.4. The first-order valence-electron chi connectivity index (χ1n) is 7.28. The normalized spacial score (nSPS) is 24.0. The number of aromatic nitrogens is 3. The lowest BCUT2D eigenvalue weighted by Crippen LogP contribution is -2.18. The second-order valence-electron chi connectivity index (χ2n) is 5.96. The molecule has 0 atom stereocenters. The molecule has 2 rings (SSSR count). The van der Waals surface area contributed by atoms with Gasteiger partial charge in [0.15, 0.2) is 0 Å². The Morgan fingerprint density at radius 2 is 2.05 bits per heavy atom. The SMILES string of the molecule is CC1CCC(n2cc(COCCN(C)C)nn2)CC1. The van der Waals surface area contributed by atoms with Crippen LogP contribution in [-0.4, -0.2) is 47.1 Å². The number of ether oxygens (including phenoxy) is 1. The van der Waals surface area contributed by atoms with Gasteiger partial charge in [0.05, 0.1) is 25.5 Å². The molecule has 1 aliphatic carbocycles. The van der Waals surface area contributed by atoms with Crippen molar-refractivity contribution < 1.29 is 4.74 Å². The van der Waals surface area contributed by atoms with Gasteiger partial charge in [-0.25, -0.2) is 4.68 Å². The van der Waals surface area contributed by atoms with Crippen LogP contribution in [0.3, 0.4) is 0 Å². The third kappa shape index (κ3) is 4.58. The van der Waals surface area contributed by atoms with E-state index in [1.807, 2.05) is 18.8 Å². The van der Waals surface area contributed by atoms with E-state index >= 15 is 0 Å². The summed E-state index contributed by atoms with van der Waals surface area (Å²) in [4.78, 5) is 2.11. The molecule has 0 aliphatic heterocycles. The van der Waals surface area contributed by atoms with Crippen molar-refractivity contribution in [1.29, 1.82) is 0 Å². The average Bonchev–Trinajstić information content (AvgIpc) is 2.84. The van der Waals surface area contributed by atoms with Crippen LogP contribution in [0.1, 0.15) is 44.3 Å². The third-order valence-electron chi connectivity index (χ3n) is 3.85. The molecule has 0 spiro atoms. The van der Waals surface area contributed by atoms with Crippen LogP contribution < -0.4 is 0 Å². The summed E-state index contributed by atoms with van der Waals surface area (Å²) in [7, 11) is 4.09. The van der Waals surface area contributed by atoms with E-state index in [2.05, 4.69) is 28.3 Å². The molecule has 1 heterocycles. The molecule has 1 aromatic rings. The van der Waals surface area contributed by atoms with E-state index in [0.29, 0.717) is 12.6 Å². The van der Waals surface area contributed by atoms with E-state index in [0.717, 1.165) is 24.8 Å². The fraction of sp³-hybridized carbons (Fsp3) is 0.857. The largest absolute Gasteiger partial charge is 0.374 e. The van der Waals surface area contributed by atoms with E-state index in [-0.39, 0.29) is 0 Å². The summed E-state index contributed by atoms with van der Waals surface area (Å²) in [5.74, 6) is 0.869. The standard InChI is InChI=1S/C14H26N4O/c1-12-4-6-14(7-5-12)18-10-13(15-16-18)11-19-9-8-17(2)3/h10,12,14H,4-9,11H2,1-3H3. The molecular weight excluding hydrogens is 240 g/mol. The van der Waals surface area contributed by atoms with Gasteiger partial charge in [-0.1, -0.05) is 12.1 Å². The topological polar surface area (TPSA) is 43.2 Å². The fourth-order valence-corrected chi connectivity index (χ4v) is 2.49. The second kappa shape index (κ2) is 7.01. The molecular formula is C14H26N4O. The zero-order valence-corrected chi connectivity index (χ0v) is 12.4. The Morgan fingerprint density at radius 3 is 2.74 bits per heavy atom. The van der Waals surface area contributed by atoms with E-state index in [9.17, 15) is 0 Å². The Bertz CT molecular complexity index is 369. The lowest BCUT2D eigenvalue weighted by Gasteiger charge is -2.25. The highest BCUT2D eigenvalue weighted by Gasteiger charge is 2.20. The zero-order chi connectivity index (χ0) is 13.7. The average molecular weight is 266 g/mol. The molecule has 0 unspecified atom stereocenters. The highest BCUT2D eigenvalue weighted by molar-refractivity contribution is 4.92. The van der Waals surface area contributed by atoms with Crippen molar-refractivity contribution >= 4 is 0 Å². The van der Waals surface area contributed by atoms with Crippen LogP contribution >= 0.6 is 0 Å². The molecule has 0 amide bonds. The molecule has 0 N–H and O–H groups in total. The molecule has 0 aromatic carbocycles. The fourth-order valence-electron chi connectivity index (χ4n) is 2.49. The van der Waals surface area contributed by atoms with Crippen molar-refractivity contribution in [3.8, 4) is 0 Å². The van der Waals surface area contributed by atoms with Crippen molar-refractivity contribution in [2.75, 3.05) is 27.2 Å². The number of hydrogen-bond acceptors (Lipinski definition) is 4. The summed E-state index contributed by atoms with van der Waals surface area (Å²) < 4.78 is 7.63. The molecule has 0 radical (unpaired) electrons. The molecule has 0 bridgehead atoms. The first kappa shape index (κ1) is 14.5. The minimum Gasteiger partial charge on any atom is -0.374 e. The second-order valence-corrected chi connectivity index (χ2v) is 5.96. The van der Waals surface area contributed by atoms with E-state index < -0.39 is 0 Å². The van der Waals surface area contributed by atoms with Crippen LogP contribution in [0.25, 0.3) is 0 Å². The lowest BCUT2D eigenvalue weighted by molar-refractivity contribution is 0.103. The maximum absolute atomic E-state index is 5.59. The summed E-state index contributed by atoms with van der Waals surface area (Å²) in [5, 5.41) is 8.46. The van der Waals surface area contributed by atoms with Crippen molar-refractivity contribution in [1.82, 2.24) is 19.9 Å². The Labute approximate surface area is 115 Å². The number of nitrogens with zero attached hydrogens (tertiary/aromatic N) is 4. The van der Waals surface area contributed by atoms with Gasteiger partial charge in [-0.15, -0.1) is 5.10 Å².